The molecule has 0 radical (unpaired) electrons. The van der Waals surface area contributed by atoms with E-state index in [1.165, 1.54) is 12.1 Å². The van der Waals surface area contributed by atoms with E-state index < -0.39 is 4.92 Å². The summed E-state index contributed by atoms with van der Waals surface area (Å²) in [5, 5.41) is 11.0. The number of anilines is 1. The maximum absolute atomic E-state index is 12.5. The van der Waals surface area contributed by atoms with Crippen LogP contribution in [0.2, 0.25) is 0 Å². The zero-order valence-electron chi connectivity index (χ0n) is 11.4. The molecular weight excluding hydrogens is 272 g/mol. The fourth-order valence-corrected chi connectivity index (χ4v) is 2.63. The molecule has 0 aromatic heterocycles. The molecule has 3 rings (SSSR count). The molecule has 0 fully saturated rings. The molecule has 0 saturated heterocycles. The van der Waals surface area contributed by atoms with Gasteiger partial charge in [0.2, 0.25) is 0 Å². The van der Waals surface area contributed by atoms with Gasteiger partial charge in [-0.1, -0.05) is 6.08 Å². The molecule has 0 atom stereocenters. The van der Waals surface area contributed by atoms with Crippen molar-refractivity contribution >= 4 is 23.2 Å². The Balaban J connectivity index is 2.19. The fourth-order valence-electron chi connectivity index (χ4n) is 2.63. The molecule has 7 heteroatoms. The normalized spacial score (nSPS) is 17.0. The summed E-state index contributed by atoms with van der Waals surface area (Å²) in [4.78, 5) is 30.6. The number of amidine groups is 1. The maximum atomic E-state index is 12.5. The van der Waals surface area contributed by atoms with E-state index in [-0.39, 0.29) is 11.7 Å². The Morgan fingerprint density at radius 3 is 3.00 bits per heavy atom. The Morgan fingerprint density at radius 1 is 1.48 bits per heavy atom. The Kier molecular flexibility index (Phi) is 3.17. The average molecular weight is 286 g/mol. The topological polar surface area (TPSA) is 79.0 Å². The third kappa shape index (κ3) is 2.06. The van der Waals surface area contributed by atoms with E-state index in [2.05, 4.69) is 11.6 Å². The van der Waals surface area contributed by atoms with Crippen LogP contribution >= 0.6 is 0 Å². The molecule has 2 aliphatic rings. The predicted molar refractivity (Wildman–Crippen MR) is 78.8 cm³/mol. The molecule has 0 unspecified atom stereocenters. The van der Waals surface area contributed by atoms with Crippen LogP contribution in [0.3, 0.4) is 0 Å². The number of benzene rings is 1. The highest BCUT2D eigenvalue weighted by Gasteiger charge is 2.36. The summed E-state index contributed by atoms with van der Waals surface area (Å²) in [5.41, 5.74) is 1.27. The van der Waals surface area contributed by atoms with Gasteiger partial charge in [0, 0.05) is 37.3 Å². The fraction of sp³-hybridized carbons (Fsp3) is 0.286. The number of carbonyl (C=O) groups excluding carboxylic acids is 1. The molecule has 1 aromatic rings. The molecule has 108 valence electrons. The largest absolute Gasteiger partial charge is 0.330 e. The summed E-state index contributed by atoms with van der Waals surface area (Å²) in [7, 11) is 0. The molecule has 0 spiro atoms. The maximum Gasteiger partial charge on any atom is 0.330 e. The molecule has 0 aliphatic carbocycles. The van der Waals surface area contributed by atoms with Crippen molar-refractivity contribution in [2.45, 2.75) is 6.42 Å². The van der Waals surface area contributed by atoms with Crippen LogP contribution in [0.25, 0.3) is 0 Å². The van der Waals surface area contributed by atoms with Crippen molar-refractivity contribution in [3.63, 3.8) is 0 Å². The van der Waals surface area contributed by atoms with E-state index in [1.807, 2.05) is 0 Å². The minimum Gasteiger partial charge on any atom is -0.289 e. The number of nitrogens with zero attached hydrogens (tertiary/aromatic N) is 4. The van der Waals surface area contributed by atoms with E-state index in [9.17, 15) is 14.9 Å². The molecule has 0 bridgehead atoms. The Bertz CT molecular complexity index is 668. The predicted octanol–water partition coefficient (Wildman–Crippen LogP) is 2.17. The van der Waals surface area contributed by atoms with Gasteiger partial charge in [0.25, 0.3) is 5.69 Å². The van der Waals surface area contributed by atoms with Crippen molar-refractivity contribution in [3.05, 3.63) is 46.5 Å². The van der Waals surface area contributed by atoms with Crippen LogP contribution in [0.15, 0.2) is 35.8 Å². The molecule has 2 amide bonds. The van der Waals surface area contributed by atoms with E-state index in [0.29, 0.717) is 36.7 Å². The standard InChI is InChI=1S/C14H14N4O3/c1-2-7-16-12-5-4-10(18(20)21)9-11(12)13-15-6-3-8-17(13)14(16)19/h2,4-5,9H,1,3,6-8H2. The van der Waals surface area contributed by atoms with Gasteiger partial charge in [-0.3, -0.25) is 24.9 Å². The molecule has 1 aromatic carbocycles. The lowest BCUT2D eigenvalue weighted by Crippen LogP contribution is -2.53. The lowest BCUT2D eigenvalue weighted by Gasteiger charge is -2.38. The summed E-state index contributed by atoms with van der Waals surface area (Å²) < 4.78 is 0. The molecule has 2 aliphatic heterocycles. The van der Waals surface area contributed by atoms with Crippen LogP contribution in [0.4, 0.5) is 16.2 Å². The number of aliphatic imine (C=N–C) groups is 1. The van der Waals surface area contributed by atoms with Crippen molar-refractivity contribution in [2.24, 2.45) is 4.99 Å². The average Bonchev–Trinajstić information content (AvgIpc) is 2.51. The first-order valence-corrected chi connectivity index (χ1v) is 6.66. The smallest absolute Gasteiger partial charge is 0.289 e. The van der Waals surface area contributed by atoms with Crippen molar-refractivity contribution in [2.75, 3.05) is 24.5 Å². The lowest BCUT2D eigenvalue weighted by atomic mass is 10.0. The Morgan fingerprint density at radius 2 is 2.29 bits per heavy atom. The van der Waals surface area contributed by atoms with Crippen LogP contribution in [-0.2, 0) is 0 Å². The monoisotopic (exact) mass is 286 g/mol. The van der Waals surface area contributed by atoms with Gasteiger partial charge in [-0.25, -0.2) is 4.79 Å². The molecule has 0 N–H and O–H groups in total. The van der Waals surface area contributed by atoms with Crippen LogP contribution in [0.1, 0.15) is 12.0 Å². The third-order valence-electron chi connectivity index (χ3n) is 3.55. The van der Waals surface area contributed by atoms with Crippen molar-refractivity contribution in [3.8, 4) is 0 Å². The van der Waals surface area contributed by atoms with E-state index in [1.54, 1.807) is 21.9 Å². The number of fused-ring (bicyclic) bond motifs is 3. The van der Waals surface area contributed by atoms with Gasteiger partial charge in [0.15, 0.2) is 0 Å². The highest BCUT2D eigenvalue weighted by Crippen LogP contribution is 2.33. The summed E-state index contributed by atoms with van der Waals surface area (Å²) in [6.07, 6.45) is 2.43. The third-order valence-corrected chi connectivity index (χ3v) is 3.55. The van der Waals surface area contributed by atoms with Gasteiger partial charge in [0.05, 0.1) is 10.6 Å². The number of non-ortho nitro benzene ring substituents is 1. The van der Waals surface area contributed by atoms with Crippen molar-refractivity contribution < 1.29 is 9.72 Å². The Labute approximate surface area is 121 Å². The minimum atomic E-state index is -0.442. The second-order valence-electron chi connectivity index (χ2n) is 4.85. The summed E-state index contributed by atoms with van der Waals surface area (Å²) in [5.74, 6) is 0.533. The molecule has 7 nitrogen and oxygen atoms in total. The van der Waals surface area contributed by atoms with Crippen LogP contribution < -0.4 is 4.90 Å². The first kappa shape index (κ1) is 13.3. The first-order chi connectivity index (χ1) is 10.1. The highest BCUT2D eigenvalue weighted by molar-refractivity contribution is 6.19. The van der Waals surface area contributed by atoms with Gasteiger partial charge in [-0.2, -0.15) is 0 Å². The lowest BCUT2D eigenvalue weighted by molar-refractivity contribution is -0.384. The van der Waals surface area contributed by atoms with Gasteiger partial charge in [0.1, 0.15) is 5.84 Å². The molecule has 2 heterocycles. The van der Waals surface area contributed by atoms with Crippen LogP contribution in [0, 0.1) is 10.1 Å². The minimum absolute atomic E-state index is 0.00474. The number of rotatable bonds is 3. The SMILES string of the molecule is C=CCN1C(=O)N2CCCN=C2c2cc([N+](=O)[O-])ccc21. The van der Waals surface area contributed by atoms with Crippen molar-refractivity contribution in [1.29, 1.82) is 0 Å². The summed E-state index contributed by atoms with van der Waals surface area (Å²) in [6, 6.07) is 4.33. The number of hydrogen-bond acceptors (Lipinski definition) is 4. The molecule has 0 saturated carbocycles. The van der Waals surface area contributed by atoms with E-state index >= 15 is 0 Å². The molecular formula is C14H14N4O3. The summed E-state index contributed by atoms with van der Waals surface area (Å²) in [6.45, 7) is 5.22. The van der Waals surface area contributed by atoms with Gasteiger partial charge >= 0.3 is 6.03 Å². The van der Waals surface area contributed by atoms with E-state index in [0.717, 1.165) is 6.42 Å². The zero-order valence-corrected chi connectivity index (χ0v) is 11.4. The number of nitro groups is 1. The number of carbonyl (C=O) groups is 1. The van der Waals surface area contributed by atoms with E-state index in [4.69, 9.17) is 0 Å². The first-order valence-electron chi connectivity index (χ1n) is 6.66. The quantitative estimate of drug-likeness (QED) is 0.485. The second kappa shape index (κ2) is 5.01. The zero-order chi connectivity index (χ0) is 15.0. The number of hydrogen-bond donors (Lipinski definition) is 0. The number of amides is 2. The van der Waals surface area contributed by atoms with Crippen LogP contribution in [0.5, 0.6) is 0 Å². The van der Waals surface area contributed by atoms with Crippen LogP contribution in [-0.4, -0.2) is 41.3 Å². The Hall–Kier alpha value is -2.70. The number of nitro benzene ring substituents is 1. The number of urea groups is 1. The highest BCUT2D eigenvalue weighted by atomic mass is 16.6. The van der Waals surface area contributed by atoms with Gasteiger partial charge in [-0.15, -0.1) is 6.58 Å². The summed E-state index contributed by atoms with van der Waals surface area (Å²) >= 11 is 0. The second-order valence-corrected chi connectivity index (χ2v) is 4.85. The van der Waals surface area contributed by atoms with Crippen molar-refractivity contribution in [1.82, 2.24) is 4.90 Å². The van der Waals surface area contributed by atoms with Gasteiger partial charge in [-0.05, 0) is 12.5 Å². The van der Waals surface area contributed by atoms with Gasteiger partial charge < -0.3 is 0 Å². The molecule has 21 heavy (non-hydrogen) atoms.